The Bertz CT molecular complexity index is 1460. The summed E-state index contributed by atoms with van der Waals surface area (Å²) in [5.74, 6) is 0.773. The van der Waals surface area contributed by atoms with Gasteiger partial charge in [0, 0.05) is 0 Å². The van der Waals surface area contributed by atoms with E-state index in [1.807, 2.05) is 97.1 Å². The first-order chi connectivity index (χ1) is 19.0. The predicted octanol–water partition coefficient (Wildman–Crippen LogP) is 7.71. The Morgan fingerprint density at radius 2 is 1.28 bits per heavy atom. The number of aliphatic hydroxyl groups is 2. The first-order valence-electron chi connectivity index (χ1n) is 12.9. The number of hydrogen-bond acceptors (Lipinski definition) is 3. The van der Waals surface area contributed by atoms with Gasteiger partial charge in [-0.1, -0.05) is 109 Å². The monoisotopic (exact) mass is 514 g/mol. The minimum Gasteiger partial charge on any atom is -0.497 e. The van der Waals surface area contributed by atoms with Crippen LogP contribution in [-0.4, -0.2) is 29.5 Å². The van der Waals surface area contributed by atoms with Gasteiger partial charge in [0.05, 0.1) is 19.3 Å². The van der Waals surface area contributed by atoms with Crippen LogP contribution in [0.15, 0.2) is 122 Å². The molecule has 3 heteroatoms. The fourth-order valence-electron chi connectivity index (χ4n) is 4.29. The fourth-order valence-corrected chi connectivity index (χ4v) is 4.29. The second kappa shape index (κ2) is 13.4. The largest absolute Gasteiger partial charge is 0.497 e. The molecule has 0 saturated carbocycles. The van der Waals surface area contributed by atoms with Gasteiger partial charge in [-0.2, -0.15) is 0 Å². The maximum absolute atomic E-state index is 11.3. The first kappa shape index (κ1) is 27.6. The summed E-state index contributed by atoms with van der Waals surface area (Å²) >= 11 is 0. The molecule has 0 spiro atoms. The number of benzene rings is 4. The van der Waals surface area contributed by atoms with Crippen LogP contribution in [0.2, 0.25) is 0 Å². The Morgan fingerprint density at radius 3 is 1.90 bits per heavy atom. The van der Waals surface area contributed by atoms with Crippen molar-refractivity contribution in [3.8, 4) is 5.75 Å². The zero-order valence-corrected chi connectivity index (χ0v) is 22.4. The van der Waals surface area contributed by atoms with E-state index >= 15 is 0 Å². The summed E-state index contributed by atoms with van der Waals surface area (Å²) in [5, 5.41) is 22.0. The third-order valence-corrected chi connectivity index (χ3v) is 6.50. The molecule has 3 nitrogen and oxygen atoms in total. The summed E-state index contributed by atoms with van der Waals surface area (Å²) in [6.45, 7) is 5.84. The molecule has 0 aromatic heterocycles. The van der Waals surface area contributed by atoms with Gasteiger partial charge in [-0.15, -0.1) is 6.58 Å². The summed E-state index contributed by atoms with van der Waals surface area (Å²) in [6.07, 6.45) is 7.54. The highest BCUT2D eigenvalue weighted by molar-refractivity contribution is 5.87. The predicted molar refractivity (Wildman–Crippen MR) is 164 cm³/mol. The van der Waals surface area contributed by atoms with Crippen LogP contribution in [0.5, 0.6) is 5.75 Å². The standard InChI is InChI=1S/C36H34O3/c1-4-35(37)34(25-29-17-20-32(39-3)21-18-29)31-12-8-9-27(23-31)19-22-36(38)33(30-10-6-5-7-11-30)24-28-15-13-26(2)14-16-28/h4-25,35-38H,1H2,2-3H3/b22-19+,33-24+,34-25-. The van der Waals surface area contributed by atoms with E-state index in [0.29, 0.717) is 0 Å². The lowest BCUT2D eigenvalue weighted by Crippen LogP contribution is -2.06. The lowest BCUT2D eigenvalue weighted by molar-refractivity contribution is 0.281. The molecule has 0 radical (unpaired) electrons. The van der Waals surface area contributed by atoms with Gasteiger partial charge >= 0.3 is 0 Å². The molecule has 0 aliphatic rings. The quantitative estimate of drug-likeness (QED) is 0.168. The molecular weight excluding hydrogens is 480 g/mol. The molecule has 39 heavy (non-hydrogen) atoms. The average Bonchev–Trinajstić information content (AvgIpc) is 2.99. The summed E-state index contributed by atoms with van der Waals surface area (Å²) in [5.41, 5.74) is 7.44. The third-order valence-electron chi connectivity index (χ3n) is 6.50. The average molecular weight is 515 g/mol. The molecule has 0 aliphatic heterocycles. The minimum atomic E-state index is -0.834. The van der Waals surface area contributed by atoms with Gasteiger partial charge in [-0.3, -0.25) is 0 Å². The Labute approximate surface area is 231 Å². The van der Waals surface area contributed by atoms with Crippen molar-refractivity contribution in [1.82, 2.24) is 0 Å². The van der Waals surface area contributed by atoms with Crippen molar-refractivity contribution < 1.29 is 14.9 Å². The van der Waals surface area contributed by atoms with Crippen LogP contribution in [0, 0.1) is 6.92 Å². The molecule has 0 amide bonds. The van der Waals surface area contributed by atoms with Crippen molar-refractivity contribution in [3.05, 3.63) is 155 Å². The lowest BCUT2D eigenvalue weighted by Gasteiger charge is -2.14. The van der Waals surface area contributed by atoms with Crippen LogP contribution in [-0.2, 0) is 0 Å². The third kappa shape index (κ3) is 7.55. The molecule has 2 unspecified atom stereocenters. The fraction of sp³-hybridized carbons (Fsp3) is 0.111. The second-order valence-corrected chi connectivity index (χ2v) is 9.36. The van der Waals surface area contributed by atoms with E-state index < -0.39 is 12.2 Å². The Hall–Kier alpha value is -4.44. The summed E-state index contributed by atoms with van der Waals surface area (Å²) in [4.78, 5) is 0. The van der Waals surface area contributed by atoms with Gasteiger partial charge in [0.15, 0.2) is 0 Å². The van der Waals surface area contributed by atoms with Crippen LogP contribution >= 0.6 is 0 Å². The highest BCUT2D eigenvalue weighted by Gasteiger charge is 2.12. The van der Waals surface area contributed by atoms with Gasteiger partial charge < -0.3 is 14.9 Å². The van der Waals surface area contributed by atoms with Crippen molar-refractivity contribution in [3.63, 3.8) is 0 Å². The van der Waals surface area contributed by atoms with Gasteiger partial charge in [-0.05, 0) is 76.2 Å². The van der Waals surface area contributed by atoms with Gasteiger partial charge in [0.2, 0.25) is 0 Å². The molecule has 0 heterocycles. The number of aliphatic hydroxyl groups excluding tert-OH is 2. The number of hydrogen-bond donors (Lipinski definition) is 2. The van der Waals surface area contributed by atoms with Crippen LogP contribution < -0.4 is 4.74 Å². The maximum atomic E-state index is 11.3. The van der Waals surface area contributed by atoms with Gasteiger partial charge in [-0.25, -0.2) is 0 Å². The summed E-state index contributed by atoms with van der Waals surface area (Å²) in [7, 11) is 1.63. The van der Waals surface area contributed by atoms with Crippen molar-refractivity contribution >= 4 is 29.4 Å². The zero-order valence-electron chi connectivity index (χ0n) is 22.4. The van der Waals surface area contributed by atoms with Crippen molar-refractivity contribution in [2.45, 2.75) is 19.1 Å². The number of ether oxygens (including phenoxy) is 1. The highest BCUT2D eigenvalue weighted by atomic mass is 16.5. The number of methoxy groups -OCH3 is 1. The van der Waals surface area contributed by atoms with Crippen molar-refractivity contribution in [1.29, 1.82) is 0 Å². The second-order valence-electron chi connectivity index (χ2n) is 9.36. The summed E-state index contributed by atoms with van der Waals surface area (Å²) in [6, 6.07) is 33.7. The molecule has 196 valence electrons. The van der Waals surface area contributed by atoms with E-state index in [9.17, 15) is 10.2 Å². The van der Waals surface area contributed by atoms with E-state index in [4.69, 9.17) is 4.74 Å². The Kier molecular flexibility index (Phi) is 9.47. The Morgan fingerprint density at radius 1 is 0.692 bits per heavy atom. The minimum absolute atomic E-state index is 0.732. The molecule has 4 rings (SSSR count). The molecule has 0 saturated heterocycles. The van der Waals surface area contributed by atoms with E-state index in [1.165, 1.54) is 11.6 Å². The topological polar surface area (TPSA) is 49.7 Å². The molecule has 2 N–H and O–H groups in total. The van der Waals surface area contributed by atoms with Crippen LogP contribution in [0.4, 0.5) is 0 Å². The van der Waals surface area contributed by atoms with E-state index in [0.717, 1.165) is 44.7 Å². The van der Waals surface area contributed by atoms with Crippen LogP contribution in [0.3, 0.4) is 0 Å². The molecular formula is C36H34O3. The van der Waals surface area contributed by atoms with Crippen molar-refractivity contribution in [2.75, 3.05) is 7.11 Å². The molecule has 0 bridgehead atoms. The molecule has 2 atom stereocenters. The van der Waals surface area contributed by atoms with Crippen molar-refractivity contribution in [2.24, 2.45) is 0 Å². The Balaban J connectivity index is 1.64. The number of rotatable bonds is 10. The number of aryl methyl sites for hydroxylation is 1. The summed E-state index contributed by atoms with van der Waals surface area (Å²) < 4.78 is 5.25. The van der Waals surface area contributed by atoms with E-state index in [-0.39, 0.29) is 0 Å². The van der Waals surface area contributed by atoms with E-state index in [1.54, 1.807) is 13.2 Å². The SMILES string of the molecule is C=CC(O)/C(=C\c1ccc(OC)cc1)c1cccc(/C=C/C(O)/C(=C/c2ccc(C)cc2)c2ccccc2)c1. The molecule has 4 aromatic carbocycles. The normalized spacial score (nSPS) is 13.7. The zero-order chi connectivity index (χ0) is 27.6. The van der Waals surface area contributed by atoms with Gasteiger partial charge in [0.25, 0.3) is 0 Å². The molecule has 4 aromatic rings. The first-order valence-corrected chi connectivity index (χ1v) is 12.9. The van der Waals surface area contributed by atoms with Gasteiger partial charge in [0.1, 0.15) is 5.75 Å². The highest BCUT2D eigenvalue weighted by Crippen LogP contribution is 2.27. The smallest absolute Gasteiger partial charge is 0.118 e. The molecule has 0 aliphatic carbocycles. The lowest BCUT2D eigenvalue weighted by atomic mass is 9.95. The van der Waals surface area contributed by atoms with Crippen LogP contribution in [0.1, 0.15) is 33.4 Å². The van der Waals surface area contributed by atoms with E-state index in [2.05, 4.69) is 37.8 Å². The molecule has 0 fully saturated rings. The maximum Gasteiger partial charge on any atom is 0.118 e. The van der Waals surface area contributed by atoms with Crippen LogP contribution in [0.25, 0.3) is 29.4 Å².